The van der Waals surface area contributed by atoms with Crippen molar-refractivity contribution in [3.8, 4) is 0 Å². The van der Waals surface area contributed by atoms with Crippen LogP contribution in [0.15, 0.2) is 24.7 Å². The number of aryl methyl sites for hydroxylation is 2. The molecule has 6 heteroatoms. The van der Waals surface area contributed by atoms with Crippen LogP contribution >= 0.6 is 0 Å². The lowest BCUT2D eigenvalue weighted by Gasteiger charge is -2.24. The molecule has 0 aliphatic carbocycles. The molecular formula is C15H19N5O. The van der Waals surface area contributed by atoms with E-state index in [-0.39, 0.29) is 11.9 Å². The van der Waals surface area contributed by atoms with E-state index < -0.39 is 0 Å². The number of nitrogens with zero attached hydrogens (tertiary/aromatic N) is 5. The van der Waals surface area contributed by atoms with Gasteiger partial charge in [-0.3, -0.25) is 9.48 Å². The van der Waals surface area contributed by atoms with E-state index in [1.807, 2.05) is 28.9 Å². The first-order valence-corrected chi connectivity index (χ1v) is 7.23. The van der Waals surface area contributed by atoms with Gasteiger partial charge in [0, 0.05) is 18.9 Å². The lowest BCUT2D eigenvalue weighted by Crippen LogP contribution is -2.38. The molecule has 3 rings (SSSR count). The summed E-state index contributed by atoms with van der Waals surface area (Å²) in [6, 6.07) is 1.87. The summed E-state index contributed by atoms with van der Waals surface area (Å²) in [5.74, 6) is 0.617. The molecule has 0 bridgehead atoms. The van der Waals surface area contributed by atoms with Crippen molar-refractivity contribution < 1.29 is 4.79 Å². The third-order valence-electron chi connectivity index (χ3n) is 3.79. The van der Waals surface area contributed by atoms with Gasteiger partial charge in [-0.25, -0.2) is 9.97 Å². The molecule has 1 aliphatic rings. The predicted octanol–water partition coefficient (Wildman–Crippen LogP) is 1.59. The van der Waals surface area contributed by atoms with Crippen LogP contribution in [0.2, 0.25) is 0 Å². The first kappa shape index (κ1) is 13.7. The molecule has 21 heavy (non-hydrogen) atoms. The fourth-order valence-electron chi connectivity index (χ4n) is 2.80. The van der Waals surface area contributed by atoms with E-state index in [1.165, 1.54) is 0 Å². The number of rotatable bonds is 3. The number of aromatic nitrogens is 4. The van der Waals surface area contributed by atoms with Crippen molar-refractivity contribution in [1.82, 2.24) is 24.6 Å². The molecule has 2 aromatic rings. The quantitative estimate of drug-likeness (QED) is 0.859. The summed E-state index contributed by atoms with van der Waals surface area (Å²) in [4.78, 5) is 22.8. The second kappa shape index (κ2) is 5.63. The lowest BCUT2D eigenvalue weighted by atomic mass is 10.2. The van der Waals surface area contributed by atoms with E-state index in [2.05, 4.69) is 15.1 Å². The summed E-state index contributed by atoms with van der Waals surface area (Å²) < 4.78 is 1.91. The van der Waals surface area contributed by atoms with Gasteiger partial charge in [0.2, 0.25) is 0 Å². The maximum Gasteiger partial charge on any atom is 0.272 e. The zero-order valence-corrected chi connectivity index (χ0v) is 12.4. The van der Waals surface area contributed by atoms with Crippen LogP contribution in [-0.4, -0.2) is 43.1 Å². The van der Waals surface area contributed by atoms with Gasteiger partial charge in [-0.05, 0) is 38.3 Å². The molecule has 0 radical (unpaired) electrons. The van der Waals surface area contributed by atoms with E-state index >= 15 is 0 Å². The molecule has 1 amide bonds. The molecule has 6 nitrogen and oxygen atoms in total. The minimum atomic E-state index is -0.00752. The van der Waals surface area contributed by atoms with Gasteiger partial charge >= 0.3 is 0 Å². The van der Waals surface area contributed by atoms with E-state index in [1.54, 1.807) is 19.2 Å². The van der Waals surface area contributed by atoms with Crippen LogP contribution < -0.4 is 0 Å². The van der Waals surface area contributed by atoms with Crippen molar-refractivity contribution in [1.29, 1.82) is 0 Å². The maximum absolute atomic E-state index is 12.6. The number of carbonyl (C=O) groups is 1. The maximum atomic E-state index is 12.6. The number of hydrogen-bond acceptors (Lipinski definition) is 4. The Kier molecular flexibility index (Phi) is 3.68. The molecule has 2 aromatic heterocycles. The van der Waals surface area contributed by atoms with Crippen LogP contribution in [0.3, 0.4) is 0 Å². The topological polar surface area (TPSA) is 63.9 Å². The molecule has 0 saturated carbocycles. The van der Waals surface area contributed by atoms with Crippen molar-refractivity contribution in [2.75, 3.05) is 6.54 Å². The van der Waals surface area contributed by atoms with Gasteiger partial charge in [0.1, 0.15) is 11.5 Å². The van der Waals surface area contributed by atoms with Crippen molar-refractivity contribution >= 4 is 5.91 Å². The molecule has 1 atom stereocenters. The SMILES string of the molecule is Cc1cnn(C[C@H]2CCCN2C(=O)c2ccnc(C)n2)c1. The second-order valence-electron chi connectivity index (χ2n) is 5.52. The predicted molar refractivity (Wildman–Crippen MR) is 77.8 cm³/mol. The molecule has 1 aliphatic heterocycles. The Morgan fingerprint density at radius 1 is 1.43 bits per heavy atom. The van der Waals surface area contributed by atoms with Gasteiger partial charge < -0.3 is 4.90 Å². The molecule has 3 heterocycles. The Bertz CT molecular complexity index is 651. The lowest BCUT2D eigenvalue weighted by molar-refractivity contribution is 0.0715. The Morgan fingerprint density at radius 2 is 2.29 bits per heavy atom. The van der Waals surface area contributed by atoms with Gasteiger partial charge in [-0.15, -0.1) is 0 Å². The zero-order chi connectivity index (χ0) is 14.8. The first-order valence-electron chi connectivity index (χ1n) is 7.23. The molecule has 1 saturated heterocycles. The van der Waals surface area contributed by atoms with E-state index in [0.717, 1.165) is 31.5 Å². The fraction of sp³-hybridized carbons (Fsp3) is 0.467. The van der Waals surface area contributed by atoms with Crippen LogP contribution in [0.4, 0.5) is 0 Å². The zero-order valence-electron chi connectivity index (χ0n) is 12.4. The number of hydrogen-bond donors (Lipinski definition) is 0. The summed E-state index contributed by atoms with van der Waals surface area (Å²) in [5, 5.41) is 4.31. The highest BCUT2D eigenvalue weighted by Crippen LogP contribution is 2.21. The van der Waals surface area contributed by atoms with Gasteiger partial charge in [-0.2, -0.15) is 5.10 Å². The first-order chi connectivity index (χ1) is 10.1. The van der Waals surface area contributed by atoms with Crippen molar-refractivity contribution in [2.45, 2.75) is 39.3 Å². The summed E-state index contributed by atoms with van der Waals surface area (Å²) in [5.41, 5.74) is 1.61. The van der Waals surface area contributed by atoms with E-state index in [4.69, 9.17) is 0 Å². The summed E-state index contributed by atoms with van der Waals surface area (Å²) >= 11 is 0. The summed E-state index contributed by atoms with van der Waals surface area (Å²) in [6.45, 7) is 5.34. The van der Waals surface area contributed by atoms with Crippen molar-refractivity contribution in [3.63, 3.8) is 0 Å². The standard InChI is InChI=1S/C15H19N5O/c1-11-8-17-19(9-11)10-13-4-3-7-20(13)15(21)14-5-6-16-12(2)18-14/h5-6,8-9,13H,3-4,7,10H2,1-2H3/t13-/m1/s1. The second-order valence-corrected chi connectivity index (χ2v) is 5.52. The van der Waals surface area contributed by atoms with Crippen molar-refractivity contribution in [2.24, 2.45) is 0 Å². The van der Waals surface area contributed by atoms with Crippen molar-refractivity contribution in [3.05, 3.63) is 41.7 Å². The Morgan fingerprint density at radius 3 is 3.00 bits per heavy atom. The molecule has 0 N–H and O–H groups in total. The molecule has 110 valence electrons. The average molecular weight is 285 g/mol. The largest absolute Gasteiger partial charge is 0.332 e. The highest BCUT2D eigenvalue weighted by molar-refractivity contribution is 5.92. The third-order valence-corrected chi connectivity index (χ3v) is 3.79. The van der Waals surface area contributed by atoms with Crippen LogP contribution in [0.25, 0.3) is 0 Å². The Hall–Kier alpha value is -2.24. The smallest absolute Gasteiger partial charge is 0.272 e. The number of carbonyl (C=O) groups excluding carboxylic acids is 1. The highest BCUT2D eigenvalue weighted by atomic mass is 16.2. The normalized spacial score (nSPS) is 18.2. The molecular weight excluding hydrogens is 266 g/mol. The van der Waals surface area contributed by atoms with Crippen LogP contribution in [0, 0.1) is 13.8 Å². The third kappa shape index (κ3) is 2.94. The Labute approximate surface area is 123 Å². The van der Waals surface area contributed by atoms with Crippen LogP contribution in [-0.2, 0) is 6.54 Å². The molecule has 0 spiro atoms. The average Bonchev–Trinajstić information content (AvgIpc) is 3.08. The monoisotopic (exact) mass is 285 g/mol. The van der Waals surface area contributed by atoms with Gasteiger partial charge in [0.25, 0.3) is 5.91 Å². The summed E-state index contributed by atoms with van der Waals surface area (Å²) in [7, 11) is 0. The number of likely N-dealkylation sites (tertiary alicyclic amines) is 1. The van der Waals surface area contributed by atoms with Crippen LogP contribution in [0.5, 0.6) is 0 Å². The molecule has 1 fully saturated rings. The van der Waals surface area contributed by atoms with Gasteiger partial charge in [0.05, 0.1) is 18.8 Å². The van der Waals surface area contributed by atoms with Gasteiger partial charge in [0.15, 0.2) is 0 Å². The summed E-state index contributed by atoms with van der Waals surface area (Å²) in [6.07, 6.45) is 7.53. The minimum Gasteiger partial charge on any atom is -0.332 e. The number of amides is 1. The molecule has 0 unspecified atom stereocenters. The van der Waals surface area contributed by atoms with E-state index in [9.17, 15) is 4.79 Å². The molecule has 0 aromatic carbocycles. The van der Waals surface area contributed by atoms with Crippen LogP contribution in [0.1, 0.15) is 34.7 Å². The fourth-order valence-corrected chi connectivity index (χ4v) is 2.80. The highest BCUT2D eigenvalue weighted by Gasteiger charge is 2.30. The van der Waals surface area contributed by atoms with Gasteiger partial charge in [-0.1, -0.05) is 0 Å². The minimum absolute atomic E-state index is 0.00752. The van der Waals surface area contributed by atoms with E-state index in [0.29, 0.717) is 11.5 Å². The Balaban J connectivity index is 1.75.